The number of unbranched alkanes of at least 4 members (excludes halogenated alkanes) is 6. The summed E-state index contributed by atoms with van der Waals surface area (Å²) in [5, 5.41) is 0. The van der Waals surface area contributed by atoms with Crippen LogP contribution in [0.25, 0.3) is 0 Å². The molecule has 0 aromatic heterocycles. The molecule has 0 spiro atoms. The van der Waals surface area contributed by atoms with Gasteiger partial charge in [0.05, 0.1) is 0 Å². The van der Waals surface area contributed by atoms with Crippen molar-refractivity contribution in [1.29, 1.82) is 0 Å². The van der Waals surface area contributed by atoms with Crippen molar-refractivity contribution < 1.29 is 4.74 Å². The van der Waals surface area contributed by atoms with E-state index >= 15 is 0 Å². The predicted molar refractivity (Wildman–Crippen MR) is 95.8 cm³/mol. The third-order valence-electron chi connectivity index (χ3n) is 3.43. The first kappa shape index (κ1) is 20.2. The Morgan fingerprint density at radius 2 is 1.38 bits per heavy atom. The van der Waals surface area contributed by atoms with Crippen LogP contribution >= 0.6 is 0 Å². The Morgan fingerprint density at radius 1 is 0.762 bits per heavy atom. The van der Waals surface area contributed by atoms with E-state index in [1.165, 1.54) is 68.9 Å². The summed E-state index contributed by atoms with van der Waals surface area (Å²) in [6.45, 7) is 13.9. The fourth-order valence-electron chi connectivity index (χ4n) is 2.13. The summed E-state index contributed by atoms with van der Waals surface area (Å²) < 4.78 is 5.67. The first-order valence-electron chi connectivity index (χ1n) is 8.64. The van der Waals surface area contributed by atoms with Crippen LogP contribution < -0.4 is 0 Å². The molecule has 0 atom stereocenters. The zero-order chi connectivity index (χ0) is 15.8. The van der Waals surface area contributed by atoms with E-state index in [1.54, 1.807) is 0 Å². The molecule has 0 fully saturated rings. The molecule has 21 heavy (non-hydrogen) atoms. The van der Waals surface area contributed by atoms with E-state index in [0.29, 0.717) is 0 Å². The van der Waals surface area contributed by atoms with Gasteiger partial charge < -0.3 is 4.74 Å². The molecular formula is C20H36O. The number of hydrogen-bond donors (Lipinski definition) is 0. The fourth-order valence-corrected chi connectivity index (χ4v) is 2.13. The third kappa shape index (κ3) is 19.2. The molecule has 1 heteroatoms. The molecule has 122 valence electrons. The largest absolute Gasteiger partial charge is 0.381 e. The highest BCUT2D eigenvalue weighted by atomic mass is 16.5. The maximum atomic E-state index is 5.67. The average molecular weight is 293 g/mol. The maximum absolute atomic E-state index is 5.67. The molecular weight excluding hydrogens is 256 g/mol. The number of allylic oxidation sites excluding steroid dienone is 4. The second-order valence-corrected chi connectivity index (χ2v) is 6.22. The molecule has 0 aliphatic heterocycles. The third-order valence-corrected chi connectivity index (χ3v) is 3.43. The van der Waals surface area contributed by atoms with Gasteiger partial charge in [-0.1, -0.05) is 49.1 Å². The van der Waals surface area contributed by atoms with Gasteiger partial charge in [0.1, 0.15) is 0 Å². The Labute approximate surface area is 133 Å². The Balaban J connectivity index is 3.07. The Bertz CT molecular complexity index is 288. The topological polar surface area (TPSA) is 9.23 Å². The number of ether oxygens (including phenoxy) is 1. The van der Waals surface area contributed by atoms with Gasteiger partial charge in [0.15, 0.2) is 0 Å². The number of hydrogen-bond acceptors (Lipinski definition) is 1. The molecule has 0 aliphatic carbocycles. The van der Waals surface area contributed by atoms with E-state index in [9.17, 15) is 0 Å². The molecule has 0 aromatic carbocycles. The Hall–Kier alpha value is -0.820. The van der Waals surface area contributed by atoms with Crippen LogP contribution in [-0.4, -0.2) is 13.2 Å². The van der Waals surface area contributed by atoms with E-state index in [4.69, 9.17) is 4.74 Å². The summed E-state index contributed by atoms with van der Waals surface area (Å²) in [5.74, 6) is 0. The van der Waals surface area contributed by atoms with Crippen LogP contribution in [-0.2, 0) is 4.74 Å². The molecule has 0 rings (SSSR count). The lowest BCUT2D eigenvalue weighted by Crippen LogP contribution is -1.97. The molecule has 0 heterocycles. The quantitative estimate of drug-likeness (QED) is 0.244. The molecule has 0 aliphatic rings. The Morgan fingerprint density at radius 3 is 2.00 bits per heavy atom. The summed E-state index contributed by atoms with van der Waals surface area (Å²) in [7, 11) is 0. The average Bonchev–Trinajstić information content (AvgIpc) is 2.42. The van der Waals surface area contributed by atoms with Crippen molar-refractivity contribution in [2.24, 2.45) is 0 Å². The van der Waals surface area contributed by atoms with Crippen LogP contribution in [0.5, 0.6) is 0 Å². The van der Waals surface area contributed by atoms with Gasteiger partial charge in [-0.3, -0.25) is 0 Å². The minimum absolute atomic E-state index is 0.930. The molecule has 0 saturated carbocycles. The van der Waals surface area contributed by atoms with Crippen molar-refractivity contribution in [1.82, 2.24) is 0 Å². The van der Waals surface area contributed by atoms with Gasteiger partial charge in [-0.15, -0.1) is 6.58 Å². The normalized spacial score (nSPS) is 11.1. The van der Waals surface area contributed by atoms with Crippen molar-refractivity contribution in [2.45, 2.75) is 78.1 Å². The summed E-state index contributed by atoms with van der Waals surface area (Å²) in [4.78, 5) is 0. The minimum atomic E-state index is 0.930. The van der Waals surface area contributed by atoms with E-state index in [0.717, 1.165) is 19.6 Å². The van der Waals surface area contributed by atoms with E-state index in [1.807, 2.05) is 0 Å². The van der Waals surface area contributed by atoms with Crippen LogP contribution in [0.3, 0.4) is 0 Å². The monoisotopic (exact) mass is 292 g/mol. The maximum Gasteiger partial charge on any atom is 0.0466 e. The second-order valence-electron chi connectivity index (χ2n) is 6.22. The van der Waals surface area contributed by atoms with Crippen LogP contribution in [0, 0.1) is 0 Å². The first-order chi connectivity index (χ1) is 10.1. The van der Waals surface area contributed by atoms with Crippen molar-refractivity contribution in [3.63, 3.8) is 0 Å². The molecule has 0 unspecified atom stereocenters. The highest BCUT2D eigenvalue weighted by Crippen LogP contribution is 2.07. The van der Waals surface area contributed by atoms with E-state index < -0.39 is 0 Å². The minimum Gasteiger partial charge on any atom is -0.381 e. The first-order valence-corrected chi connectivity index (χ1v) is 8.64. The lowest BCUT2D eigenvalue weighted by atomic mass is 10.1. The highest BCUT2D eigenvalue weighted by molar-refractivity contribution is 4.98. The van der Waals surface area contributed by atoms with Crippen molar-refractivity contribution >= 4 is 0 Å². The van der Waals surface area contributed by atoms with Gasteiger partial charge in [0, 0.05) is 13.2 Å². The molecule has 0 N–H and O–H groups in total. The van der Waals surface area contributed by atoms with Gasteiger partial charge in [-0.25, -0.2) is 0 Å². The lowest BCUT2D eigenvalue weighted by molar-refractivity contribution is 0.126. The van der Waals surface area contributed by atoms with Crippen molar-refractivity contribution in [3.05, 3.63) is 36.5 Å². The summed E-state index contributed by atoms with van der Waals surface area (Å²) in [6.07, 6.45) is 16.8. The zero-order valence-electron chi connectivity index (χ0n) is 14.5. The molecule has 0 saturated heterocycles. The molecule has 0 aromatic rings. The zero-order valence-corrected chi connectivity index (χ0v) is 14.5. The van der Waals surface area contributed by atoms with Crippen LogP contribution in [0.1, 0.15) is 78.1 Å². The smallest absolute Gasteiger partial charge is 0.0466 e. The van der Waals surface area contributed by atoms with Gasteiger partial charge in [0.2, 0.25) is 0 Å². The van der Waals surface area contributed by atoms with Crippen LogP contribution in [0.4, 0.5) is 0 Å². The SMILES string of the molecule is C=C(C)C/C=C\CCCCCCOCCCCCC(=C)C. The highest BCUT2D eigenvalue weighted by Gasteiger charge is 1.93. The fraction of sp³-hybridized carbons (Fsp3) is 0.700. The molecule has 0 bridgehead atoms. The molecule has 0 amide bonds. The molecule has 0 radical (unpaired) electrons. The summed E-state index contributed by atoms with van der Waals surface area (Å²) in [5.41, 5.74) is 2.54. The van der Waals surface area contributed by atoms with Crippen LogP contribution in [0.2, 0.25) is 0 Å². The summed E-state index contributed by atoms with van der Waals surface area (Å²) >= 11 is 0. The number of rotatable bonds is 15. The lowest BCUT2D eigenvalue weighted by Gasteiger charge is -2.04. The van der Waals surface area contributed by atoms with Gasteiger partial charge in [-0.2, -0.15) is 0 Å². The van der Waals surface area contributed by atoms with Crippen molar-refractivity contribution in [3.8, 4) is 0 Å². The van der Waals surface area contributed by atoms with Gasteiger partial charge >= 0.3 is 0 Å². The Kier molecular flexibility index (Phi) is 15.0. The van der Waals surface area contributed by atoms with E-state index in [-0.39, 0.29) is 0 Å². The van der Waals surface area contributed by atoms with E-state index in [2.05, 4.69) is 39.2 Å². The standard InChI is InChI=1S/C20H36O/c1-19(2)15-11-8-6-5-7-9-13-17-21-18-14-10-12-16-20(3)4/h8,11H,1,3,5-7,9-10,12-18H2,2,4H3/b11-8-. The van der Waals surface area contributed by atoms with Crippen LogP contribution in [0.15, 0.2) is 36.5 Å². The summed E-state index contributed by atoms with van der Waals surface area (Å²) in [6, 6.07) is 0. The van der Waals surface area contributed by atoms with Gasteiger partial charge in [0.25, 0.3) is 0 Å². The second kappa shape index (κ2) is 15.6. The van der Waals surface area contributed by atoms with Crippen molar-refractivity contribution in [2.75, 3.05) is 13.2 Å². The molecule has 1 nitrogen and oxygen atoms in total. The van der Waals surface area contributed by atoms with Gasteiger partial charge in [-0.05, 0) is 58.8 Å². The predicted octanol–water partition coefficient (Wildman–Crippen LogP) is 6.61.